The maximum atomic E-state index is 12.6. The molecular weight excluding hydrogens is 382 g/mol. The van der Waals surface area contributed by atoms with Gasteiger partial charge >= 0.3 is 12.4 Å². The van der Waals surface area contributed by atoms with Crippen molar-refractivity contribution in [2.75, 3.05) is 0 Å². The van der Waals surface area contributed by atoms with Gasteiger partial charge in [-0.15, -0.1) is 11.3 Å². The Kier molecular flexibility index (Phi) is 4.57. The second-order valence-electron chi connectivity index (χ2n) is 4.95. The van der Waals surface area contributed by atoms with Crippen molar-refractivity contribution >= 4 is 16.5 Å². The fourth-order valence-electron chi connectivity index (χ4n) is 1.98. The third-order valence-electron chi connectivity index (χ3n) is 3.15. The van der Waals surface area contributed by atoms with E-state index in [-0.39, 0.29) is 16.3 Å². The van der Waals surface area contributed by atoms with Crippen molar-refractivity contribution in [2.24, 2.45) is 4.99 Å². The van der Waals surface area contributed by atoms with E-state index < -0.39 is 23.7 Å². The molecule has 11 heteroatoms. The molecule has 0 aliphatic heterocycles. The average Bonchev–Trinajstić information content (AvgIpc) is 3.04. The fraction of sp³-hybridized carbons (Fsp3) is 0.133. The topological polar surface area (TPSA) is 43.1 Å². The van der Waals surface area contributed by atoms with Gasteiger partial charge in [-0.3, -0.25) is 0 Å². The lowest BCUT2D eigenvalue weighted by Crippen LogP contribution is -2.18. The minimum atomic E-state index is -4.58. The molecule has 3 rings (SSSR count). The Bertz CT molecular complexity index is 969. The molecule has 26 heavy (non-hydrogen) atoms. The molecule has 0 unspecified atom stereocenters. The molecule has 3 aromatic heterocycles. The summed E-state index contributed by atoms with van der Waals surface area (Å²) in [5, 5.41) is 0.711. The smallest absolute Gasteiger partial charge is 0.300 e. The first-order valence-electron chi connectivity index (χ1n) is 6.93. The maximum absolute atomic E-state index is 12.6. The highest BCUT2D eigenvalue weighted by Crippen LogP contribution is 2.32. The minimum absolute atomic E-state index is 0.128. The monoisotopic (exact) mass is 390 g/mol. The van der Waals surface area contributed by atoms with Gasteiger partial charge in [0.1, 0.15) is 11.2 Å². The maximum Gasteiger partial charge on any atom is 0.434 e. The lowest BCUT2D eigenvalue weighted by atomic mass is 10.3. The van der Waals surface area contributed by atoms with Crippen LogP contribution in [0.25, 0.3) is 5.69 Å². The van der Waals surface area contributed by atoms with Crippen LogP contribution in [-0.4, -0.2) is 14.5 Å². The van der Waals surface area contributed by atoms with Crippen LogP contribution in [0.4, 0.5) is 31.5 Å². The number of pyridine rings is 2. The lowest BCUT2D eigenvalue weighted by Gasteiger charge is -2.09. The Morgan fingerprint density at radius 1 is 0.923 bits per heavy atom. The molecule has 0 atom stereocenters. The number of thiazole rings is 1. The van der Waals surface area contributed by atoms with Crippen LogP contribution in [0.2, 0.25) is 0 Å². The van der Waals surface area contributed by atoms with Crippen molar-refractivity contribution in [3.8, 4) is 5.69 Å². The highest BCUT2D eigenvalue weighted by Gasteiger charge is 2.34. The normalized spacial score (nSPS) is 13.2. The Morgan fingerprint density at radius 2 is 1.65 bits per heavy atom. The molecule has 3 aromatic rings. The van der Waals surface area contributed by atoms with E-state index in [1.807, 2.05) is 0 Å². The van der Waals surface area contributed by atoms with Gasteiger partial charge in [-0.1, -0.05) is 6.07 Å². The van der Waals surface area contributed by atoms with Crippen molar-refractivity contribution in [3.63, 3.8) is 0 Å². The third kappa shape index (κ3) is 3.93. The fourth-order valence-corrected chi connectivity index (χ4v) is 2.68. The predicted molar refractivity (Wildman–Crippen MR) is 80.9 cm³/mol. The summed E-state index contributed by atoms with van der Waals surface area (Å²) < 4.78 is 77.0. The van der Waals surface area contributed by atoms with Gasteiger partial charge in [0, 0.05) is 11.6 Å². The Balaban J connectivity index is 2.02. The van der Waals surface area contributed by atoms with Crippen molar-refractivity contribution < 1.29 is 26.3 Å². The van der Waals surface area contributed by atoms with Crippen molar-refractivity contribution in [2.45, 2.75) is 12.4 Å². The van der Waals surface area contributed by atoms with Gasteiger partial charge in [-0.2, -0.15) is 26.3 Å². The summed E-state index contributed by atoms with van der Waals surface area (Å²) >= 11 is 0.705. The molecule has 4 nitrogen and oxygen atoms in total. The number of halogens is 6. The summed E-state index contributed by atoms with van der Waals surface area (Å²) in [5.74, 6) is 0. The third-order valence-corrected chi connectivity index (χ3v) is 3.88. The zero-order valence-electron chi connectivity index (χ0n) is 12.6. The number of hydrogen-bond acceptors (Lipinski definition) is 4. The predicted octanol–water partition coefficient (Wildman–Crippen LogP) is 4.60. The van der Waals surface area contributed by atoms with Crippen LogP contribution in [0.3, 0.4) is 0 Å². The molecule has 0 aliphatic carbocycles. The molecule has 0 amide bonds. The standard InChI is InChI=1S/C15H8F6N4S/c16-14(17,18)10-5-4-9(7-22-10)25-6-2-1-3-12(25)24-13-23-11(8-26-13)15(19,20)21/h1-8H. The summed E-state index contributed by atoms with van der Waals surface area (Å²) in [6.45, 7) is 0. The Morgan fingerprint density at radius 3 is 2.23 bits per heavy atom. The molecule has 0 bridgehead atoms. The molecule has 3 heterocycles. The number of nitrogens with zero attached hydrogens (tertiary/aromatic N) is 4. The highest BCUT2D eigenvalue weighted by molar-refractivity contribution is 7.13. The molecule has 0 aliphatic rings. The van der Waals surface area contributed by atoms with Gasteiger partial charge < -0.3 is 4.57 Å². The van der Waals surface area contributed by atoms with E-state index in [1.54, 1.807) is 12.1 Å². The van der Waals surface area contributed by atoms with E-state index in [0.717, 1.165) is 17.6 Å². The van der Waals surface area contributed by atoms with Crippen molar-refractivity contribution in [1.82, 2.24) is 14.5 Å². The molecule has 0 fully saturated rings. The molecule has 0 aromatic carbocycles. The quantitative estimate of drug-likeness (QED) is 0.601. The molecular formula is C15H8F6N4S. The average molecular weight is 390 g/mol. The summed E-state index contributed by atoms with van der Waals surface area (Å²) in [6, 6.07) is 6.68. The van der Waals surface area contributed by atoms with Crippen LogP contribution < -0.4 is 5.49 Å². The van der Waals surface area contributed by atoms with Gasteiger partial charge in [0.15, 0.2) is 5.69 Å². The zero-order valence-corrected chi connectivity index (χ0v) is 13.4. The molecule has 0 N–H and O–H groups in total. The van der Waals surface area contributed by atoms with Crippen LogP contribution in [0.15, 0.2) is 53.1 Å². The number of aromatic nitrogens is 3. The first-order valence-corrected chi connectivity index (χ1v) is 7.81. The summed E-state index contributed by atoms with van der Waals surface area (Å²) in [6.07, 6.45) is -6.64. The first kappa shape index (κ1) is 18.1. The molecule has 0 saturated carbocycles. The van der Waals surface area contributed by atoms with E-state index in [1.165, 1.54) is 22.9 Å². The second kappa shape index (κ2) is 6.56. The van der Waals surface area contributed by atoms with E-state index in [9.17, 15) is 26.3 Å². The number of alkyl halides is 6. The molecule has 0 saturated heterocycles. The van der Waals surface area contributed by atoms with Crippen molar-refractivity contribution in [3.05, 3.63) is 65.0 Å². The van der Waals surface area contributed by atoms with E-state index in [4.69, 9.17) is 0 Å². The van der Waals surface area contributed by atoms with E-state index in [2.05, 4.69) is 15.0 Å². The molecule has 0 radical (unpaired) electrons. The van der Waals surface area contributed by atoms with E-state index >= 15 is 0 Å². The van der Waals surface area contributed by atoms with Gasteiger partial charge in [0.05, 0.1) is 11.9 Å². The Labute approximate surface area is 146 Å². The molecule has 0 spiro atoms. The van der Waals surface area contributed by atoms with Crippen LogP contribution >= 0.6 is 11.3 Å². The van der Waals surface area contributed by atoms with Gasteiger partial charge in [-0.25, -0.2) is 15.0 Å². The van der Waals surface area contributed by atoms with Crippen LogP contribution in [0.1, 0.15) is 11.4 Å². The lowest BCUT2D eigenvalue weighted by molar-refractivity contribution is -0.141. The van der Waals surface area contributed by atoms with Gasteiger partial charge in [0.25, 0.3) is 0 Å². The van der Waals surface area contributed by atoms with Crippen LogP contribution in [0.5, 0.6) is 0 Å². The summed E-state index contributed by atoms with van der Waals surface area (Å²) in [4.78, 5) is 10.8. The van der Waals surface area contributed by atoms with E-state index in [0.29, 0.717) is 11.3 Å². The second-order valence-corrected chi connectivity index (χ2v) is 5.79. The zero-order chi connectivity index (χ0) is 18.9. The Hall–Kier alpha value is -2.69. The van der Waals surface area contributed by atoms with Crippen LogP contribution in [0, 0.1) is 0 Å². The summed E-state index contributed by atoms with van der Waals surface area (Å²) in [5.41, 5.74) is -1.65. The van der Waals surface area contributed by atoms with Gasteiger partial charge in [-0.05, 0) is 24.3 Å². The minimum Gasteiger partial charge on any atom is -0.300 e. The molecule has 136 valence electrons. The summed E-state index contributed by atoms with van der Waals surface area (Å²) in [7, 11) is 0. The highest BCUT2D eigenvalue weighted by atomic mass is 32.1. The first-order chi connectivity index (χ1) is 12.1. The van der Waals surface area contributed by atoms with Crippen molar-refractivity contribution in [1.29, 1.82) is 0 Å². The van der Waals surface area contributed by atoms with Crippen LogP contribution in [-0.2, 0) is 12.4 Å². The van der Waals surface area contributed by atoms with Gasteiger partial charge in [0.2, 0.25) is 5.13 Å². The largest absolute Gasteiger partial charge is 0.434 e. The number of hydrogen-bond donors (Lipinski definition) is 0. The SMILES string of the molecule is FC(F)(F)c1ccc(-n2ccccc2=Nc2nc(C(F)(F)F)cs2)cn1. The number of rotatable bonds is 2.